The van der Waals surface area contributed by atoms with Gasteiger partial charge in [0.15, 0.2) is 0 Å². The predicted octanol–water partition coefficient (Wildman–Crippen LogP) is 0.764. The molecule has 1 heterocycles. The van der Waals surface area contributed by atoms with Crippen LogP contribution >= 0.6 is 0 Å². The SMILES string of the molecule is OB(O)c1cccc(Cn2cnc3ccccc32)c1. The van der Waals surface area contributed by atoms with Crippen molar-refractivity contribution in [3.8, 4) is 0 Å². The van der Waals surface area contributed by atoms with E-state index < -0.39 is 7.12 Å². The Hall–Kier alpha value is -2.11. The highest BCUT2D eigenvalue weighted by atomic mass is 16.4. The van der Waals surface area contributed by atoms with Gasteiger partial charge in [-0.05, 0) is 23.2 Å². The van der Waals surface area contributed by atoms with Crippen molar-refractivity contribution < 1.29 is 10.0 Å². The van der Waals surface area contributed by atoms with Crippen LogP contribution in [0.5, 0.6) is 0 Å². The van der Waals surface area contributed by atoms with E-state index in [2.05, 4.69) is 4.98 Å². The number of hydrogen-bond acceptors (Lipinski definition) is 3. The summed E-state index contributed by atoms with van der Waals surface area (Å²) in [5, 5.41) is 18.4. The molecule has 0 aliphatic heterocycles. The highest BCUT2D eigenvalue weighted by Gasteiger charge is 2.11. The standard InChI is InChI=1S/C14H13BN2O2/c18-15(19)12-5-3-4-11(8-12)9-17-10-16-13-6-1-2-7-14(13)17/h1-8,10,18-19H,9H2. The maximum Gasteiger partial charge on any atom is 0.488 e. The van der Waals surface area contributed by atoms with Crippen LogP contribution in [-0.4, -0.2) is 26.7 Å². The number of benzene rings is 2. The number of nitrogens with zero attached hydrogens (tertiary/aromatic N) is 2. The van der Waals surface area contributed by atoms with E-state index in [1.165, 1.54) is 0 Å². The van der Waals surface area contributed by atoms with Gasteiger partial charge in [0.2, 0.25) is 0 Å². The fourth-order valence-electron chi connectivity index (χ4n) is 2.19. The number of hydrogen-bond donors (Lipinski definition) is 2. The summed E-state index contributed by atoms with van der Waals surface area (Å²) >= 11 is 0. The number of rotatable bonds is 3. The largest absolute Gasteiger partial charge is 0.488 e. The van der Waals surface area contributed by atoms with E-state index in [1.54, 1.807) is 18.5 Å². The second kappa shape index (κ2) is 4.88. The second-order valence-corrected chi connectivity index (χ2v) is 4.48. The average Bonchev–Trinajstić information content (AvgIpc) is 2.83. The molecule has 94 valence electrons. The van der Waals surface area contributed by atoms with E-state index in [9.17, 15) is 10.0 Å². The van der Waals surface area contributed by atoms with Crippen molar-refractivity contribution in [1.82, 2.24) is 9.55 Å². The van der Waals surface area contributed by atoms with Gasteiger partial charge >= 0.3 is 7.12 Å². The molecule has 0 radical (unpaired) electrons. The summed E-state index contributed by atoms with van der Waals surface area (Å²) in [4.78, 5) is 4.34. The third kappa shape index (κ3) is 2.38. The first-order valence-electron chi connectivity index (χ1n) is 6.09. The molecule has 0 bridgehead atoms. The van der Waals surface area contributed by atoms with Crippen molar-refractivity contribution >= 4 is 23.6 Å². The number of para-hydroxylation sites is 2. The molecule has 0 aliphatic carbocycles. The van der Waals surface area contributed by atoms with Crippen LogP contribution in [-0.2, 0) is 6.54 Å². The minimum Gasteiger partial charge on any atom is -0.423 e. The van der Waals surface area contributed by atoms with Gasteiger partial charge in [-0.3, -0.25) is 0 Å². The van der Waals surface area contributed by atoms with Crippen LogP contribution < -0.4 is 5.46 Å². The summed E-state index contributed by atoms with van der Waals surface area (Å²) in [5.74, 6) is 0. The highest BCUT2D eigenvalue weighted by Crippen LogP contribution is 2.13. The van der Waals surface area contributed by atoms with E-state index in [0.717, 1.165) is 16.6 Å². The Kier molecular flexibility index (Phi) is 3.07. The zero-order valence-corrected chi connectivity index (χ0v) is 10.3. The van der Waals surface area contributed by atoms with Gasteiger partial charge in [0.25, 0.3) is 0 Å². The molecule has 19 heavy (non-hydrogen) atoms. The van der Waals surface area contributed by atoms with E-state index in [-0.39, 0.29) is 0 Å². The van der Waals surface area contributed by atoms with Gasteiger partial charge < -0.3 is 14.6 Å². The normalized spacial score (nSPS) is 10.8. The molecule has 5 heteroatoms. The van der Waals surface area contributed by atoms with Crippen LogP contribution in [0.1, 0.15) is 5.56 Å². The van der Waals surface area contributed by atoms with Crippen LogP contribution in [0, 0.1) is 0 Å². The average molecular weight is 252 g/mol. The van der Waals surface area contributed by atoms with E-state index in [0.29, 0.717) is 12.0 Å². The van der Waals surface area contributed by atoms with Crippen LogP contribution in [0.4, 0.5) is 0 Å². The molecule has 2 N–H and O–H groups in total. The van der Waals surface area contributed by atoms with Crippen molar-refractivity contribution in [1.29, 1.82) is 0 Å². The lowest BCUT2D eigenvalue weighted by atomic mass is 9.79. The van der Waals surface area contributed by atoms with Crippen molar-refractivity contribution in [3.63, 3.8) is 0 Å². The first-order valence-corrected chi connectivity index (χ1v) is 6.09. The molecule has 3 aromatic rings. The third-order valence-electron chi connectivity index (χ3n) is 3.13. The minimum absolute atomic E-state index is 0.502. The Morgan fingerprint density at radius 3 is 2.74 bits per heavy atom. The summed E-state index contributed by atoms with van der Waals surface area (Å²) in [5.41, 5.74) is 3.54. The molecule has 2 aromatic carbocycles. The minimum atomic E-state index is -1.43. The van der Waals surface area contributed by atoms with Gasteiger partial charge in [-0.1, -0.05) is 36.4 Å². The molecular weight excluding hydrogens is 239 g/mol. The lowest BCUT2D eigenvalue weighted by Crippen LogP contribution is -2.29. The molecule has 0 unspecified atom stereocenters. The third-order valence-corrected chi connectivity index (χ3v) is 3.13. The van der Waals surface area contributed by atoms with E-state index >= 15 is 0 Å². The Morgan fingerprint density at radius 2 is 1.89 bits per heavy atom. The first-order chi connectivity index (χ1) is 9.24. The maximum absolute atomic E-state index is 9.18. The molecular formula is C14H13BN2O2. The van der Waals surface area contributed by atoms with Crippen molar-refractivity contribution in [2.45, 2.75) is 6.54 Å². The number of imidazole rings is 1. The molecule has 0 saturated carbocycles. The van der Waals surface area contributed by atoms with Crippen LogP contribution in [0.15, 0.2) is 54.9 Å². The van der Waals surface area contributed by atoms with Gasteiger partial charge in [0, 0.05) is 6.54 Å². The molecule has 0 spiro atoms. The molecule has 4 nitrogen and oxygen atoms in total. The molecule has 0 saturated heterocycles. The van der Waals surface area contributed by atoms with Gasteiger partial charge in [-0.15, -0.1) is 0 Å². The molecule has 0 aliphatic rings. The van der Waals surface area contributed by atoms with Crippen molar-refractivity contribution in [2.75, 3.05) is 0 Å². The second-order valence-electron chi connectivity index (χ2n) is 4.48. The Bertz CT molecular complexity index is 709. The van der Waals surface area contributed by atoms with Crippen LogP contribution in [0.25, 0.3) is 11.0 Å². The highest BCUT2D eigenvalue weighted by molar-refractivity contribution is 6.58. The van der Waals surface area contributed by atoms with Crippen LogP contribution in [0.2, 0.25) is 0 Å². The molecule has 0 fully saturated rings. The summed E-state index contributed by atoms with van der Waals surface area (Å²) in [6, 6.07) is 15.2. The smallest absolute Gasteiger partial charge is 0.423 e. The quantitative estimate of drug-likeness (QED) is 0.677. The Balaban J connectivity index is 1.95. The molecule has 1 aromatic heterocycles. The lowest BCUT2D eigenvalue weighted by molar-refractivity contribution is 0.425. The summed E-state index contributed by atoms with van der Waals surface area (Å²) in [7, 11) is -1.43. The fraction of sp³-hybridized carbons (Fsp3) is 0.0714. The Morgan fingerprint density at radius 1 is 1.05 bits per heavy atom. The van der Waals surface area contributed by atoms with E-state index in [1.807, 2.05) is 41.0 Å². The van der Waals surface area contributed by atoms with Gasteiger partial charge in [0.05, 0.1) is 17.4 Å². The summed E-state index contributed by atoms with van der Waals surface area (Å²) in [6.07, 6.45) is 1.80. The predicted molar refractivity (Wildman–Crippen MR) is 75.1 cm³/mol. The maximum atomic E-state index is 9.18. The monoisotopic (exact) mass is 252 g/mol. The topological polar surface area (TPSA) is 58.3 Å². The molecule has 0 atom stereocenters. The molecule has 3 rings (SSSR count). The zero-order chi connectivity index (χ0) is 13.2. The van der Waals surface area contributed by atoms with Crippen molar-refractivity contribution in [2.24, 2.45) is 0 Å². The summed E-state index contributed by atoms with van der Waals surface area (Å²) in [6.45, 7) is 0.654. The van der Waals surface area contributed by atoms with E-state index in [4.69, 9.17) is 0 Å². The zero-order valence-electron chi connectivity index (χ0n) is 10.3. The fourth-order valence-corrected chi connectivity index (χ4v) is 2.19. The van der Waals surface area contributed by atoms with Gasteiger partial charge in [-0.2, -0.15) is 0 Å². The van der Waals surface area contributed by atoms with Gasteiger partial charge in [-0.25, -0.2) is 4.98 Å². The Labute approximate surface area is 111 Å². The summed E-state index contributed by atoms with van der Waals surface area (Å²) < 4.78 is 2.04. The van der Waals surface area contributed by atoms with Gasteiger partial charge in [0.1, 0.15) is 0 Å². The number of aromatic nitrogens is 2. The van der Waals surface area contributed by atoms with Crippen molar-refractivity contribution in [3.05, 3.63) is 60.4 Å². The first kappa shape index (κ1) is 12.0. The van der Waals surface area contributed by atoms with Crippen LogP contribution in [0.3, 0.4) is 0 Å². The lowest BCUT2D eigenvalue weighted by Gasteiger charge is -2.06. The molecule has 0 amide bonds. The number of fused-ring (bicyclic) bond motifs is 1.